The summed E-state index contributed by atoms with van der Waals surface area (Å²) in [6.07, 6.45) is 0. The van der Waals surface area contributed by atoms with Gasteiger partial charge in [-0.3, -0.25) is 4.79 Å². The van der Waals surface area contributed by atoms with Crippen LogP contribution in [0.25, 0.3) is 0 Å². The second-order valence-corrected chi connectivity index (χ2v) is 6.79. The van der Waals surface area contributed by atoms with Crippen molar-refractivity contribution < 1.29 is 4.79 Å². The lowest BCUT2D eigenvalue weighted by atomic mass is 10.2. The van der Waals surface area contributed by atoms with Gasteiger partial charge in [-0.15, -0.1) is 11.3 Å². The number of hydrogen-bond donors (Lipinski definition) is 2. The molecule has 1 aromatic heterocycles. The van der Waals surface area contributed by atoms with Crippen molar-refractivity contribution in [3.8, 4) is 0 Å². The van der Waals surface area contributed by atoms with Gasteiger partial charge >= 0.3 is 0 Å². The molecular formula is C17H13Cl2N3OS. The van der Waals surface area contributed by atoms with Gasteiger partial charge in [0.25, 0.3) is 5.91 Å². The Morgan fingerprint density at radius 3 is 2.71 bits per heavy atom. The summed E-state index contributed by atoms with van der Waals surface area (Å²) >= 11 is 13.4. The topological polar surface area (TPSA) is 54.0 Å². The molecule has 0 saturated carbocycles. The van der Waals surface area contributed by atoms with E-state index >= 15 is 0 Å². The van der Waals surface area contributed by atoms with E-state index in [0.717, 1.165) is 11.3 Å². The average Bonchev–Trinajstić information content (AvgIpc) is 2.99. The van der Waals surface area contributed by atoms with Gasteiger partial charge in [0.2, 0.25) is 0 Å². The molecule has 0 saturated heterocycles. The summed E-state index contributed by atoms with van der Waals surface area (Å²) in [4.78, 5) is 16.6. The molecule has 0 unspecified atom stereocenters. The van der Waals surface area contributed by atoms with Gasteiger partial charge in [0.05, 0.1) is 0 Å². The van der Waals surface area contributed by atoms with Crippen LogP contribution in [0.1, 0.15) is 16.1 Å². The molecule has 0 aliphatic heterocycles. The number of carbonyl (C=O) groups excluding carboxylic acids is 1. The molecule has 2 aromatic carbocycles. The number of thiazole rings is 1. The number of hydrogen-bond acceptors (Lipinski definition) is 4. The van der Waals surface area contributed by atoms with Crippen molar-refractivity contribution in [1.29, 1.82) is 0 Å². The molecule has 1 amide bonds. The number of amides is 1. The fraction of sp³-hybridized carbons (Fsp3) is 0.0588. The van der Waals surface area contributed by atoms with Crippen LogP contribution in [0.2, 0.25) is 10.0 Å². The molecule has 0 aliphatic rings. The fourth-order valence-electron chi connectivity index (χ4n) is 1.99. The maximum absolute atomic E-state index is 12.3. The molecule has 0 bridgehead atoms. The number of rotatable bonds is 4. The van der Waals surface area contributed by atoms with E-state index in [-0.39, 0.29) is 5.91 Å². The summed E-state index contributed by atoms with van der Waals surface area (Å²) in [5, 5.41) is 9.45. The van der Waals surface area contributed by atoms with Gasteiger partial charge < -0.3 is 10.6 Å². The Labute approximate surface area is 153 Å². The Morgan fingerprint density at radius 2 is 1.96 bits per heavy atom. The summed E-state index contributed by atoms with van der Waals surface area (Å²) in [6, 6.07) is 12.7. The number of benzene rings is 2. The van der Waals surface area contributed by atoms with Crippen LogP contribution in [-0.2, 0) is 0 Å². The van der Waals surface area contributed by atoms with Gasteiger partial charge in [0, 0.05) is 26.8 Å². The van der Waals surface area contributed by atoms with E-state index in [1.807, 2.05) is 25.1 Å². The Hall–Kier alpha value is -2.08. The second kappa shape index (κ2) is 7.21. The number of nitrogens with zero attached hydrogens (tertiary/aromatic N) is 1. The van der Waals surface area contributed by atoms with Crippen molar-refractivity contribution in [3.05, 3.63) is 69.1 Å². The molecule has 0 spiro atoms. The lowest BCUT2D eigenvalue weighted by Gasteiger charge is -2.05. The highest BCUT2D eigenvalue weighted by Crippen LogP contribution is 2.24. The first-order chi connectivity index (χ1) is 11.5. The number of halogens is 2. The normalized spacial score (nSPS) is 10.5. The molecule has 0 fully saturated rings. The van der Waals surface area contributed by atoms with Crippen LogP contribution in [0.4, 0.5) is 16.5 Å². The molecule has 0 atom stereocenters. The van der Waals surface area contributed by atoms with Gasteiger partial charge in [-0.2, -0.15) is 0 Å². The Kier molecular flexibility index (Phi) is 5.04. The predicted molar refractivity (Wildman–Crippen MR) is 101 cm³/mol. The van der Waals surface area contributed by atoms with Crippen molar-refractivity contribution in [2.75, 3.05) is 10.6 Å². The Bertz CT molecular complexity index is 895. The van der Waals surface area contributed by atoms with Gasteiger partial charge in [0.1, 0.15) is 5.69 Å². The highest BCUT2D eigenvalue weighted by Gasteiger charge is 2.12. The first kappa shape index (κ1) is 16.8. The molecule has 7 heteroatoms. The molecule has 3 aromatic rings. The highest BCUT2D eigenvalue weighted by atomic mass is 35.5. The van der Waals surface area contributed by atoms with Gasteiger partial charge in [-0.05, 0) is 42.8 Å². The van der Waals surface area contributed by atoms with Crippen molar-refractivity contribution in [3.63, 3.8) is 0 Å². The van der Waals surface area contributed by atoms with Gasteiger partial charge in [0.15, 0.2) is 5.13 Å². The fourth-order valence-corrected chi connectivity index (χ4v) is 3.07. The molecule has 4 nitrogen and oxygen atoms in total. The third kappa shape index (κ3) is 4.06. The van der Waals surface area contributed by atoms with Crippen molar-refractivity contribution in [2.45, 2.75) is 6.92 Å². The molecular weight excluding hydrogens is 365 g/mol. The van der Waals surface area contributed by atoms with E-state index < -0.39 is 0 Å². The molecule has 3 rings (SSSR count). The molecule has 122 valence electrons. The first-order valence-electron chi connectivity index (χ1n) is 7.07. The number of aryl methyl sites for hydroxylation is 1. The van der Waals surface area contributed by atoms with E-state index in [2.05, 4.69) is 15.6 Å². The number of carbonyl (C=O) groups is 1. The maximum Gasteiger partial charge on any atom is 0.275 e. The maximum atomic E-state index is 12.3. The molecule has 1 heterocycles. The zero-order valence-electron chi connectivity index (χ0n) is 12.6. The summed E-state index contributed by atoms with van der Waals surface area (Å²) < 4.78 is 0. The molecule has 0 radical (unpaired) electrons. The monoisotopic (exact) mass is 377 g/mol. The summed E-state index contributed by atoms with van der Waals surface area (Å²) in [7, 11) is 0. The van der Waals surface area contributed by atoms with E-state index in [9.17, 15) is 4.79 Å². The quantitative estimate of drug-likeness (QED) is 0.607. The third-order valence-electron chi connectivity index (χ3n) is 3.24. The number of anilines is 3. The minimum atomic E-state index is -0.287. The van der Waals surface area contributed by atoms with Crippen LogP contribution in [-0.4, -0.2) is 10.9 Å². The summed E-state index contributed by atoms with van der Waals surface area (Å²) in [5.74, 6) is -0.287. The number of aromatic nitrogens is 1. The van der Waals surface area contributed by atoms with E-state index in [0.29, 0.717) is 26.6 Å². The van der Waals surface area contributed by atoms with Crippen LogP contribution in [0.15, 0.2) is 47.8 Å². The predicted octanol–water partition coefficient (Wildman–Crippen LogP) is 5.75. The zero-order chi connectivity index (χ0) is 17.1. The Balaban J connectivity index is 1.70. The highest BCUT2D eigenvalue weighted by molar-refractivity contribution is 7.14. The lowest BCUT2D eigenvalue weighted by Crippen LogP contribution is -2.12. The van der Waals surface area contributed by atoms with Gasteiger partial charge in [-0.1, -0.05) is 35.3 Å². The SMILES string of the molecule is Cc1ccc(NC(=O)c2csc(Nc3cccc(Cl)c3)n2)cc1Cl. The van der Waals surface area contributed by atoms with Crippen molar-refractivity contribution >= 4 is 57.0 Å². The van der Waals surface area contributed by atoms with Crippen molar-refractivity contribution in [1.82, 2.24) is 4.98 Å². The second-order valence-electron chi connectivity index (χ2n) is 5.09. The van der Waals surface area contributed by atoms with Crippen LogP contribution in [0, 0.1) is 6.92 Å². The standard InChI is InChI=1S/C17H13Cl2N3OS/c1-10-5-6-13(8-14(10)19)20-16(23)15-9-24-17(22-15)21-12-4-2-3-11(18)7-12/h2-9H,1H3,(H,20,23)(H,21,22). The smallest absolute Gasteiger partial charge is 0.275 e. The third-order valence-corrected chi connectivity index (χ3v) is 4.64. The van der Waals surface area contributed by atoms with E-state index in [1.54, 1.807) is 29.6 Å². The van der Waals surface area contributed by atoms with Crippen molar-refractivity contribution in [2.24, 2.45) is 0 Å². The molecule has 0 aliphatic carbocycles. The van der Waals surface area contributed by atoms with Crippen LogP contribution >= 0.6 is 34.5 Å². The minimum Gasteiger partial charge on any atom is -0.331 e. The van der Waals surface area contributed by atoms with E-state index in [1.165, 1.54) is 11.3 Å². The van der Waals surface area contributed by atoms with E-state index in [4.69, 9.17) is 23.2 Å². The summed E-state index contributed by atoms with van der Waals surface area (Å²) in [5.41, 5.74) is 2.74. The largest absolute Gasteiger partial charge is 0.331 e. The molecule has 2 N–H and O–H groups in total. The zero-order valence-corrected chi connectivity index (χ0v) is 15.0. The average molecular weight is 378 g/mol. The van der Waals surface area contributed by atoms with Gasteiger partial charge in [-0.25, -0.2) is 4.98 Å². The van der Waals surface area contributed by atoms with Crippen LogP contribution in [0.3, 0.4) is 0 Å². The van der Waals surface area contributed by atoms with Crippen LogP contribution in [0.5, 0.6) is 0 Å². The first-order valence-corrected chi connectivity index (χ1v) is 8.70. The number of nitrogens with one attached hydrogen (secondary N) is 2. The molecule has 24 heavy (non-hydrogen) atoms. The van der Waals surface area contributed by atoms with Crippen LogP contribution < -0.4 is 10.6 Å². The Morgan fingerprint density at radius 1 is 1.12 bits per heavy atom. The minimum absolute atomic E-state index is 0.287. The summed E-state index contributed by atoms with van der Waals surface area (Å²) in [6.45, 7) is 1.90. The lowest BCUT2D eigenvalue weighted by molar-refractivity contribution is 0.102.